The van der Waals surface area contributed by atoms with Gasteiger partial charge in [-0.3, -0.25) is 9.59 Å². The lowest BCUT2D eigenvalue weighted by atomic mass is 10.1. The maximum atomic E-state index is 13.3. The van der Waals surface area contributed by atoms with Crippen molar-refractivity contribution in [1.82, 2.24) is 10.6 Å². The Hall–Kier alpha value is -2.92. The summed E-state index contributed by atoms with van der Waals surface area (Å²) in [4.78, 5) is 28.1. The fourth-order valence-electron chi connectivity index (χ4n) is 4.42. The Kier molecular flexibility index (Phi) is 7.95. The first kappa shape index (κ1) is 23.2. The Bertz CT molecular complexity index is 1050. The summed E-state index contributed by atoms with van der Waals surface area (Å²) in [6, 6.07) is 22.3. The van der Waals surface area contributed by atoms with Gasteiger partial charge in [0.05, 0.1) is 0 Å². The molecule has 3 aromatic rings. The van der Waals surface area contributed by atoms with Gasteiger partial charge in [-0.15, -0.1) is 11.3 Å². The average molecular weight is 461 g/mol. The van der Waals surface area contributed by atoms with Gasteiger partial charge in [-0.05, 0) is 48.1 Å². The highest BCUT2D eigenvalue weighted by Gasteiger charge is 2.27. The Balaban J connectivity index is 1.43. The lowest BCUT2D eigenvalue weighted by Gasteiger charge is -2.21. The van der Waals surface area contributed by atoms with Gasteiger partial charge in [0.25, 0.3) is 0 Å². The van der Waals surface area contributed by atoms with E-state index in [-0.39, 0.29) is 17.9 Å². The number of carbonyl (C=O) groups excluding carboxylic acids is 2. The van der Waals surface area contributed by atoms with Gasteiger partial charge in [0.1, 0.15) is 6.04 Å². The second-order valence-corrected chi connectivity index (χ2v) is 9.96. The van der Waals surface area contributed by atoms with E-state index >= 15 is 0 Å². The van der Waals surface area contributed by atoms with Crippen LogP contribution in [0.3, 0.4) is 0 Å². The molecule has 0 unspecified atom stereocenters. The van der Waals surface area contributed by atoms with Crippen molar-refractivity contribution in [1.29, 1.82) is 0 Å². The van der Waals surface area contributed by atoms with Crippen molar-refractivity contribution in [3.05, 3.63) is 82.7 Å². The van der Waals surface area contributed by atoms with Crippen molar-refractivity contribution in [3.63, 3.8) is 0 Å². The fourth-order valence-corrected chi connectivity index (χ4v) is 5.48. The molecule has 0 radical (unpaired) electrons. The van der Waals surface area contributed by atoms with Crippen molar-refractivity contribution < 1.29 is 9.59 Å². The predicted molar refractivity (Wildman–Crippen MR) is 135 cm³/mol. The van der Waals surface area contributed by atoms with Crippen LogP contribution in [0.5, 0.6) is 0 Å². The normalized spacial score (nSPS) is 14.0. The van der Waals surface area contributed by atoms with Gasteiger partial charge in [-0.25, -0.2) is 0 Å². The number of hydrogen-bond donors (Lipinski definition) is 2. The van der Waals surface area contributed by atoms with E-state index in [1.807, 2.05) is 30.3 Å². The minimum Gasteiger partial charge on any atom is -0.351 e. The molecule has 0 bridgehead atoms. The van der Waals surface area contributed by atoms with Gasteiger partial charge in [-0.1, -0.05) is 74.4 Å². The first-order chi connectivity index (χ1) is 16.1. The molecule has 1 heterocycles. The van der Waals surface area contributed by atoms with Crippen LogP contribution in [0.1, 0.15) is 48.6 Å². The highest BCUT2D eigenvalue weighted by molar-refractivity contribution is 7.15. The van der Waals surface area contributed by atoms with Crippen LogP contribution >= 0.6 is 11.3 Å². The molecule has 2 amide bonds. The number of amides is 2. The number of rotatable bonds is 10. The van der Waals surface area contributed by atoms with E-state index in [9.17, 15) is 9.59 Å². The highest BCUT2D eigenvalue weighted by atomic mass is 32.1. The monoisotopic (exact) mass is 460 g/mol. The van der Waals surface area contributed by atoms with E-state index in [1.54, 1.807) is 11.3 Å². The van der Waals surface area contributed by atoms with Crippen LogP contribution in [-0.4, -0.2) is 23.9 Å². The van der Waals surface area contributed by atoms with Gasteiger partial charge >= 0.3 is 0 Å². The molecule has 0 fully saturated rings. The topological polar surface area (TPSA) is 58.2 Å². The molecule has 5 heteroatoms. The molecular formula is C28H32N2O2S. The summed E-state index contributed by atoms with van der Waals surface area (Å²) >= 11 is 1.68. The first-order valence-electron chi connectivity index (χ1n) is 11.9. The van der Waals surface area contributed by atoms with Gasteiger partial charge in [-0.2, -0.15) is 0 Å². The van der Waals surface area contributed by atoms with Crippen LogP contribution in [0.25, 0.3) is 10.4 Å². The second-order valence-electron chi connectivity index (χ2n) is 8.80. The van der Waals surface area contributed by atoms with Gasteiger partial charge in [0.15, 0.2) is 0 Å². The second kappa shape index (κ2) is 11.3. The molecule has 4 rings (SSSR count). The lowest BCUT2D eigenvalue weighted by molar-refractivity contribution is -0.129. The predicted octanol–water partition coefficient (Wildman–Crippen LogP) is 5.31. The van der Waals surface area contributed by atoms with E-state index in [0.29, 0.717) is 12.8 Å². The molecule has 172 valence electrons. The van der Waals surface area contributed by atoms with Crippen LogP contribution in [0.4, 0.5) is 0 Å². The van der Waals surface area contributed by atoms with Crippen LogP contribution in [0, 0.1) is 0 Å². The number of benzene rings is 2. The number of unbranched alkanes of at least 4 members (excludes halogenated alkanes) is 2. The van der Waals surface area contributed by atoms with Gasteiger partial charge in [0.2, 0.25) is 11.8 Å². The summed E-state index contributed by atoms with van der Waals surface area (Å²) in [6.07, 6.45) is 5.60. The quantitative estimate of drug-likeness (QED) is 0.403. The summed E-state index contributed by atoms with van der Waals surface area (Å²) in [5.41, 5.74) is 3.77. The summed E-state index contributed by atoms with van der Waals surface area (Å²) in [5.74, 6) is -0.135. The Morgan fingerprint density at radius 2 is 1.64 bits per heavy atom. The Morgan fingerprint density at radius 3 is 2.33 bits per heavy atom. The van der Waals surface area contributed by atoms with Crippen LogP contribution in [0.2, 0.25) is 0 Å². The van der Waals surface area contributed by atoms with E-state index in [4.69, 9.17) is 0 Å². The fraction of sp³-hybridized carbons (Fsp3) is 0.357. The molecular weight excluding hydrogens is 428 g/mol. The summed E-state index contributed by atoms with van der Waals surface area (Å²) in [6.45, 7) is 2.12. The molecule has 1 atom stereocenters. The molecule has 0 saturated carbocycles. The number of fused-ring (bicyclic) bond motifs is 1. The summed E-state index contributed by atoms with van der Waals surface area (Å²) < 4.78 is 0. The Labute approximate surface area is 200 Å². The van der Waals surface area contributed by atoms with Crippen molar-refractivity contribution in [2.24, 2.45) is 0 Å². The van der Waals surface area contributed by atoms with E-state index in [1.165, 1.54) is 21.6 Å². The van der Waals surface area contributed by atoms with Crippen molar-refractivity contribution in [2.45, 2.75) is 64.0 Å². The summed E-state index contributed by atoms with van der Waals surface area (Å²) in [5, 5.41) is 6.23. The molecule has 33 heavy (non-hydrogen) atoms. The van der Waals surface area contributed by atoms with Crippen molar-refractivity contribution in [3.8, 4) is 10.4 Å². The molecule has 0 aliphatic heterocycles. The number of thiophene rings is 1. The largest absolute Gasteiger partial charge is 0.351 e. The van der Waals surface area contributed by atoms with Crippen LogP contribution in [-0.2, 0) is 28.9 Å². The maximum absolute atomic E-state index is 13.3. The minimum atomic E-state index is -0.565. The molecule has 1 aliphatic rings. The maximum Gasteiger partial charge on any atom is 0.243 e. The third-order valence-electron chi connectivity index (χ3n) is 6.18. The molecule has 0 spiro atoms. The van der Waals surface area contributed by atoms with Crippen LogP contribution in [0.15, 0.2) is 66.7 Å². The molecule has 1 aliphatic carbocycles. The molecule has 2 aromatic carbocycles. The molecule has 4 nitrogen and oxygen atoms in total. The molecule has 1 aromatic heterocycles. The number of hydrogen-bond acceptors (Lipinski definition) is 3. The standard InChI is InChI=1S/C28H32N2O2S/c1-2-3-5-14-27(31)30-25(19-24-15-16-26(33-24)20-10-6-4-7-11-20)28(32)29-23-17-21-12-8-9-13-22(21)18-23/h4,6-13,15-16,23,25H,2-3,5,14,17-19H2,1H3,(H,29,32)(H,30,31)/t25-/m0/s1. The third kappa shape index (κ3) is 6.32. The lowest BCUT2D eigenvalue weighted by Crippen LogP contribution is -2.50. The Morgan fingerprint density at radius 1 is 0.939 bits per heavy atom. The zero-order valence-corrected chi connectivity index (χ0v) is 20.0. The first-order valence-corrected chi connectivity index (χ1v) is 12.7. The average Bonchev–Trinajstić information content (AvgIpc) is 3.46. The van der Waals surface area contributed by atoms with Crippen molar-refractivity contribution >= 4 is 23.2 Å². The van der Waals surface area contributed by atoms with E-state index in [2.05, 4.69) is 54.0 Å². The summed E-state index contributed by atoms with van der Waals surface area (Å²) in [7, 11) is 0. The van der Waals surface area contributed by atoms with Crippen molar-refractivity contribution in [2.75, 3.05) is 0 Å². The highest BCUT2D eigenvalue weighted by Crippen LogP contribution is 2.29. The van der Waals surface area contributed by atoms with E-state index in [0.717, 1.165) is 37.0 Å². The SMILES string of the molecule is CCCCCC(=O)N[C@@H](Cc1ccc(-c2ccccc2)s1)C(=O)NC1Cc2ccccc2C1. The number of nitrogens with one attached hydrogen (secondary N) is 2. The molecule has 2 N–H and O–H groups in total. The smallest absolute Gasteiger partial charge is 0.243 e. The van der Waals surface area contributed by atoms with Crippen LogP contribution < -0.4 is 10.6 Å². The zero-order valence-electron chi connectivity index (χ0n) is 19.2. The van der Waals surface area contributed by atoms with Gasteiger partial charge < -0.3 is 10.6 Å². The molecule has 0 saturated heterocycles. The van der Waals surface area contributed by atoms with E-state index < -0.39 is 6.04 Å². The van der Waals surface area contributed by atoms with Gasteiger partial charge in [0, 0.05) is 28.6 Å². The zero-order chi connectivity index (χ0) is 23.0. The number of carbonyl (C=O) groups is 2. The minimum absolute atomic E-state index is 0.0434. The third-order valence-corrected chi connectivity index (χ3v) is 7.34.